The molecule has 1 saturated heterocycles. The van der Waals surface area contributed by atoms with Gasteiger partial charge in [-0.15, -0.1) is 0 Å². The number of hydrogen-bond donors (Lipinski definition) is 1. The first-order valence-corrected chi connectivity index (χ1v) is 8.11. The van der Waals surface area contributed by atoms with Gasteiger partial charge < -0.3 is 14.7 Å². The highest BCUT2D eigenvalue weighted by Crippen LogP contribution is 2.18. The van der Waals surface area contributed by atoms with E-state index in [1.165, 1.54) is 12.0 Å². The summed E-state index contributed by atoms with van der Waals surface area (Å²) in [6, 6.07) is 8.39. The predicted octanol–water partition coefficient (Wildman–Crippen LogP) is 3.03. The van der Waals surface area contributed by atoms with E-state index in [1.54, 1.807) is 0 Å². The van der Waals surface area contributed by atoms with Crippen LogP contribution in [0.2, 0.25) is 0 Å². The minimum atomic E-state index is -0.426. The van der Waals surface area contributed by atoms with E-state index in [0.717, 1.165) is 31.6 Å². The standard InChI is InChI=1S/C18H29NO2/c1-14(2)11-15-6-8-16(9-7-15)18(20)13-19(3)12-17-5-4-10-21-17/h6-9,14,17-18,20H,4-5,10-13H2,1-3H3. The summed E-state index contributed by atoms with van der Waals surface area (Å²) in [5.41, 5.74) is 2.34. The van der Waals surface area contributed by atoms with Gasteiger partial charge in [0.1, 0.15) is 0 Å². The van der Waals surface area contributed by atoms with Gasteiger partial charge in [0.05, 0.1) is 12.2 Å². The molecular weight excluding hydrogens is 262 g/mol. The Bertz CT molecular complexity index is 410. The van der Waals surface area contributed by atoms with Gasteiger partial charge in [-0.25, -0.2) is 0 Å². The smallest absolute Gasteiger partial charge is 0.0916 e. The van der Waals surface area contributed by atoms with Gasteiger partial charge in [-0.1, -0.05) is 38.1 Å². The van der Waals surface area contributed by atoms with Crippen LogP contribution in [0, 0.1) is 5.92 Å². The molecule has 2 unspecified atom stereocenters. The molecule has 0 bridgehead atoms. The number of aliphatic hydroxyl groups excluding tert-OH is 1. The number of hydrogen-bond acceptors (Lipinski definition) is 3. The average molecular weight is 291 g/mol. The summed E-state index contributed by atoms with van der Waals surface area (Å²) in [6.07, 6.45) is 3.32. The van der Waals surface area contributed by atoms with Crippen LogP contribution in [-0.4, -0.2) is 42.9 Å². The molecule has 1 heterocycles. The van der Waals surface area contributed by atoms with Crippen molar-refractivity contribution in [1.29, 1.82) is 0 Å². The molecule has 118 valence electrons. The van der Waals surface area contributed by atoms with Gasteiger partial charge in [-0.3, -0.25) is 0 Å². The molecule has 1 fully saturated rings. The summed E-state index contributed by atoms with van der Waals surface area (Å²) >= 11 is 0. The maximum Gasteiger partial charge on any atom is 0.0916 e. The second kappa shape index (κ2) is 7.92. The Labute approximate surface area is 128 Å². The van der Waals surface area contributed by atoms with Crippen molar-refractivity contribution in [3.05, 3.63) is 35.4 Å². The van der Waals surface area contributed by atoms with E-state index in [0.29, 0.717) is 18.6 Å². The molecule has 1 aliphatic heterocycles. The van der Waals surface area contributed by atoms with Crippen LogP contribution in [0.3, 0.4) is 0 Å². The molecule has 2 rings (SSSR count). The van der Waals surface area contributed by atoms with Gasteiger partial charge in [0.2, 0.25) is 0 Å². The molecule has 1 N–H and O–H groups in total. The molecule has 0 radical (unpaired) electrons. The van der Waals surface area contributed by atoms with Crippen molar-refractivity contribution in [1.82, 2.24) is 4.90 Å². The molecule has 0 aromatic heterocycles. The monoisotopic (exact) mass is 291 g/mol. The zero-order valence-electron chi connectivity index (χ0n) is 13.6. The van der Waals surface area contributed by atoms with Crippen LogP contribution in [0.4, 0.5) is 0 Å². The Balaban J connectivity index is 1.82. The fourth-order valence-corrected chi connectivity index (χ4v) is 2.96. The second-order valence-corrected chi connectivity index (χ2v) is 6.71. The molecule has 1 aromatic rings. The molecular formula is C18H29NO2. The number of aliphatic hydroxyl groups is 1. The first-order valence-electron chi connectivity index (χ1n) is 8.11. The molecule has 3 nitrogen and oxygen atoms in total. The third kappa shape index (κ3) is 5.42. The molecule has 2 atom stereocenters. The number of likely N-dealkylation sites (N-methyl/N-ethyl adjacent to an activating group) is 1. The Morgan fingerprint density at radius 3 is 2.57 bits per heavy atom. The highest BCUT2D eigenvalue weighted by atomic mass is 16.5. The van der Waals surface area contributed by atoms with Gasteiger partial charge in [0.15, 0.2) is 0 Å². The van der Waals surface area contributed by atoms with E-state index in [2.05, 4.69) is 50.1 Å². The van der Waals surface area contributed by atoms with Gasteiger partial charge in [-0.2, -0.15) is 0 Å². The Morgan fingerprint density at radius 1 is 1.29 bits per heavy atom. The predicted molar refractivity (Wildman–Crippen MR) is 86.4 cm³/mol. The van der Waals surface area contributed by atoms with Crippen LogP contribution in [-0.2, 0) is 11.2 Å². The lowest BCUT2D eigenvalue weighted by atomic mass is 10.00. The summed E-state index contributed by atoms with van der Waals surface area (Å²) in [5.74, 6) is 0.665. The summed E-state index contributed by atoms with van der Waals surface area (Å²) in [6.45, 7) is 6.90. The van der Waals surface area contributed by atoms with E-state index in [1.807, 2.05) is 0 Å². The van der Waals surface area contributed by atoms with Crippen molar-refractivity contribution in [2.75, 3.05) is 26.7 Å². The molecule has 1 aromatic carbocycles. The van der Waals surface area contributed by atoms with Crippen LogP contribution in [0.15, 0.2) is 24.3 Å². The largest absolute Gasteiger partial charge is 0.387 e. The number of nitrogens with zero attached hydrogens (tertiary/aromatic N) is 1. The highest BCUT2D eigenvalue weighted by molar-refractivity contribution is 5.24. The van der Waals surface area contributed by atoms with E-state index in [-0.39, 0.29) is 0 Å². The van der Waals surface area contributed by atoms with Crippen molar-refractivity contribution in [2.24, 2.45) is 5.92 Å². The summed E-state index contributed by atoms with van der Waals surface area (Å²) in [7, 11) is 2.05. The summed E-state index contributed by atoms with van der Waals surface area (Å²) in [5, 5.41) is 10.4. The zero-order valence-corrected chi connectivity index (χ0v) is 13.6. The number of rotatable bonds is 7. The number of ether oxygens (including phenoxy) is 1. The molecule has 1 aliphatic rings. The van der Waals surface area contributed by atoms with Gasteiger partial charge in [-0.05, 0) is 43.4 Å². The van der Waals surface area contributed by atoms with E-state index in [9.17, 15) is 5.11 Å². The lowest BCUT2D eigenvalue weighted by Crippen LogP contribution is -2.32. The van der Waals surface area contributed by atoms with Crippen molar-refractivity contribution in [3.8, 4) is 0 Å². The average Bonchev–Trinajstić information content (AvgIpc) is 2.91. The van der Waals surface area contributed by atoms with E-state index >= 15 is 0 Å². The minimum absolute atomic E-state index is 0.343. The van der Waals surface area contributed by atoms with Crippen molar-refractivity contribution < 1.29 is 9.84 Å². The fraction of sp³-hybridized carbons (Fsp3) is 0.667. The maximum atomic E-state index is 10.4. The quantitative estimate of drug-likeness (QED) is 0.838. The molecule has 0 aliphatic carbocycles. The summed E-state index contributed by atoms with van der Waals surface area (Å²) in [4.78, 5) is 2.17. The van der Waals surface area contributed by atoms with Crippen molar-refractivity contribution in [2.45, 2.75) is 45.3 Å². The molecule has 0 amide bonds. The van der Waals surface area contributed by atoms with Crippen LogP contribution in [0.1, 0.15) is 43.9 Å². The number of benzene rings is 1. The van der Waals surface area contributed by atoms with E-state index in [4.69, 9.17) is 4.74 Å². The SMILES string of the molecule is CC(C)Cc1ccc(C(O)CN(C)CC2CCCO2)cc1. The lowest BCUT2D eigenvalue weighted by Gasteiger charge is -2.23. The van der Waals surface area contributed by atoms with Gasteiger partial charge in [0.25, 0.3) is 0 Å². The highest BCUT2D eigenvalue weighted by Gasteiger charge is 2.19. The van der Waals surface area contributed by atoms with Crippen LogP contribution < -0.4 is 0 Å². The van der Waals surface area contributed by atoms with E-state index < -0.39 is 6.10 Å². The van der Waals surface area contributed by atoms with Crippen LogP contribution in [0.5, 0.6) is 0 Å². The normalized spacial score (nSPS) is 20.4. The van der Waals surface area contributed by atoms with Crippen molar-refractivity contribution in [3.63, 3.8) is 0 Å². The third-order valence-electron chi connectivity index (χ3n) is 4.03. The lowest BCUT2D eigenvalue weighted by molar-refractivity contribution is 0.0602. The molecule has 0 saturated carbocycles. The maximum absolute atomic E-state index is 10.4. The van der Waals surface area contributed by atoms with Crippen LogP contribution in [0.25, 0.3) is 0 Å². The molecule has 3 heteroatoms. The minimum Gasteiger partial charge on any atom is -0.387 e. The second-order valence-electron chi connectivity index (χ2n) is 6.71. The summed E-state index contributed by atoms with van der Waals surface area (Å²) < 4.78 is 5.64. The molecule has 21 heavy (non-hydrogen) atoms. The zero-order chi connectivity index (χ0) is 15.2. The Hall–Kier alpha value is -0.900. The fourth-order valence-electron chi connectivity index (χ4n) is 2.96. The van der Waals surface area contributed by atoms with Crippen molar-refractivity contribution >= 4 is 0 Å². The first-order chi connectivity index (χ1) is 10.0. The first kappa shape index (κ1) is 16.5. The Morgan fingerprint density at radius 2 is 2.00 bits per heavy atom. The van der Waals surface area contributed by atoms with Gasteiger partial charge >= 0.3 is 0 Å². The Kier molecular flexibility index (Phi) is 6.22. The van der Waals surface area contributed by atoms with Crippen LogP contribution >= 0.6 is 0 Å². The van der Waals surface area contributed by atoms with Gasteiger partial charge in [0, 0.05) is 19.7 Å². The molecule has 0 spiro atoms. The third-order valence-corrected chi connectivity index (χ3v) is 4.03. The topological polar surface area (TPSA) is 32.7 Å².